The number of rotatable bonds is 3. The van der Waals surface area contributed by atoms with Gasteiger partial charge in [0.05, 0.1) is 0 Å². The number of methoxy groups -OCH3 is 1. The molecular formula is C17H25BrO2. The van der Waals surface area contributed by atoms with Crippen LogP contribution in [0.4, 0.5) is 0 Å². The zero-order valence-corrected chi connectivity index (χ0v) is 14.9. The van der Waals surface area contributed by atoms with Gasteiger partial charge < -0.3 is 9.47 Å². The van der Waals surface area contributed by atoms with Crippen LogP contribution in [0.5, 0.6) is 5.75 Å². The lowest BCUT2D eigenvalue weighted by molar-refractivity contribution is 0.0507. The van der Waals surface area contributed by atoms with Crippen molar-refractivity contribution in [1.29, 1.82) is 0 Å². The third-order valence-corrected chi connectivity index (χ3v) is 3.20. The fourth-order valence-corrected chi connectivity index (χ4v) is 2.28. The highest BCUT2D eigenvalue weighted by Gasteiger charge is 2.07. The van der Waals surface area contributed by atoms with Gasteiger partial charge >= 0.3 is 0 Å². The monoisotopic (exact) mass is 340 g/mol. The Balaban J connectivity index is 0.000000829. The number of hydrogen-bond donors (Lipinski definition) is 0. The molecule has 0 N–H and O–H groups in total. The van der Waals surface area contributed by atoms with Gasteiger partial charge in [-0.2, -0.15) is 0 Å². The van der Waals surface area contributed by atoms with Crippen molar-refractivity contribution < 1.29 is 9.47 Å². The minimum atomic E-state index is 0.269. The number of halogens is 1. The molecule has 0 aliphatic heterocycles. The highest BCUT2D eigenvalue weighted by atomic mass is 79.9. The largest absolute Gasteiger partial charge is 0.467 e. The number of hydrogen-bond acceptors (Lipinski definition) is 2. The molecule has 0 fully saturated rings. The summed E-state index contributed by atoms with van der Waals surface area (Å²) < 4.78 is 11.5. The van der Waals surface area contributed by atoms with Crippen molar-refractivity contribution in [1.82, 2.24) is 0 Å². The van der Waals surface area contributed by atoms with Crippen LogP contribution < -0.4 is 4.74 Å². The van der Waals surface area contributed by atoms with Crippen molar-refractivity contribution in [2.75, 3.05) is 13.9 Å². The molecule has 0 heterocycles. The Morgan fingerprint density at radius 3 is 2.10 bits per heavy atom. The Morgan fingerprint density at radius 2 is 1.55 bits per heavy atom. The summed E-state index contributed by atoms with van der Waals surface area (Å²) in [5.41, 5.74) is 1.14. The lowest BCUT2D eigenvalue weighted by atomic mass is 10.0. The van der Waals surface area contributed by atoms with Crippen molar-refractivity contribution in [3.63, 3.8) is 0 Å². The molecule has 0 unspecified atom stereocenters. The minimum absolute atomic E-state index is 0.269. The Morgan fingerprint density at radius 1 is 1.00 bits per heavy atom. The second kappa shape index (κ2) is 10.7. The first-order valence-corrected chi connectivity index (χ1v) is 7.83. The molecule has 112 valence electrons. The molecule has 0 bridgehead atoms. The summed E-state index contributed by atoms with van der Waals surface area (Å²) in [6, 6.07) is 10.2. The quantitative estimate of drug-likeness (QED) is 0.643. The molecule has 0 atom stereocenters. The van der Waals surface area contributed by atoms with Crippen molar-refractivity contribution in [2.24, 2.45) is 0 Å². The molecule has 2 aromatic carbocycles. The van der Waals surface area contributed by atoms with E-state index in [0.717, 1.165) is 15.8 Å². The lowest BCUT2D eigenvalue weighted by Crippen LogP contribution is -2.00. The van der Waals surface area contributed by atoms with Gasteiger partial charge in [0.2, 0.25) is 0 Å². The topological polar surface area (TPSA) is 18.5 Å². The number of aryl methyl sites for hydroxylation is 1. The first-order chi connectivity index (χ1) is 9.74. The maximum absolute atomic E-state index is 5.52. The first kappa shape index (κ1) is 18.9. The smallest absolute Gasteiger partial charge is 0.188 e. The molecule has 0 saturated carbocycles. The molecule has 2 rings (SSSR count). The zero-order valence-electron chi connectivity index (χ0n) is 13.3. The van der Waals surface area contributed by atoms with Gasteiger partial charge in [0.1, 0.15) is 5.75 Å². The summed E-state index contributed by atoms with van der Waals surface area (Å²) in [5.74, 6) is 0.854. The highest BCUT2D eigenvalue weighted by Crippen LogP contribution is 2.33. The Bertz CT molecular complexity index is 510. The number of ether oxygens (including phenoxy) is 2. The maximum Gasteiger partial charge on any atom is 0.188 e. The van der Waals surface area contributed by atoms with E-state index >= 15 is 0 Å². The molecule has 20 heavy (non-hydrogen) atoms. The van der Waals surface area contributed by atoms with Crippen LogP contribution in [0.3, 0.4) is 0 Å². The average Bonchev–Trinajstić information content (AvgIpc) is 2.53. The molecule has 2 aromatic rings. The molecule has 2 nitrogen and oxygen atoms in total. The van der Waals surface area contributed by atoms with E-state index in [9.17, 15) is 0 Å². The second-order valence-corrected chi connectivity index (χ2v) is 4.43. The van der Waals surface area contributed by atoms with Crippen LogP contribution in [-0.4, -0.2) is 13.9 Å². The Labute approximate surface area is 131 Å². The van der Waals surface area contributed by atoms with E-state index < -0.39 is 0 Å². The average molecular weight is 341 g/mol. The number of fused-ring (bicyclic) bond motifs is 1. The molecule has 0 amide bonds. The standard InChI is InChI=1S/C13H13BrO2.2C2H6/c1-9-10-5-3-4-6-11(10)12(14)7-13(9)16-8-15-2;2*1-2/h3-7H,8H2,1-2H3;2*1-2H3. The summed E-state index contributed by atoms with van der Waals surface area (Å²) in [6.45, 7) is 10.3. The maximum atomic E-state index is 5.52. The van der Waals surface area contributed by atoms with Gasteiger partial charge in [0, 0.05) is 11.6 Å². The summed E-state index contributed by atoms with van der Waals surface area (Å²) in [5, 5.41) is 2.40. The van der Waals surface area contributed by atoms with Gasteiger partial charge in [-0.05, 0) is 29.3 Å². The fourth-order valence-electron chi connectivity index (χ4n) is 1.72. The van der Waals surface area contributed by atoms with E-state index in [1.807, 2.05) is 45.9 Å². The summed E-state index contributed by atoms with van der Waals surface area (Å²) in [7, 11) is 1.62. The summed E-state index contributed by atoms with van der Waals surface area (Å²) >= 11 is 3.55. The van der Waals surface area contributed by atoms with Crippen LogP contribution in [0.2, 0.25) is 0 Å². The van der Waals surface area contributed by atoms with Crippen molar-refractivity contribution in [2.45, 2.75) is 34.6 Å². The predicted octanol–water partition coefficient (Wildman–Crippen LogP) is 5.95. The fraction of sp³-hybridized carbons (Fsp3) is 0.412. The highest BCUT2D eigenvalue weighted by molar-refractivity contribution is 9.10. The minimum Gasteiger partial charge on any atom is -0.467 e. The molecule has 0 aliphatic rings. The van der Waals surface area contributed by atoms with Crippen LogP contribution >= 0.6 is 15.9 Å². The van der Waals surface area contributed by atoms with Gasteiger partial charge in [0.25, 0.3) is 0 Å². The third kappa shape index (κ3) is 4.80. The second-order valence-electron chi connectivity index (χ2n) is 3.58. The van der Waals surface area contributed by atoms with E-state index in [-0.39, 0.29) is 6.79 Å². The van der Waals surface area contributed by atoms with Crippen molar-refractivity contribution >= 4 is 26.7 Å². The van der Waals surface area contributed by atoms with Crippen molar-refractivity contribution in [3.05, 3.63) is 40.4 Å². The van der Waals surface area contributed by atoms with Gasteiger partial charge in [-0.1, -0.05) is 67.9 Å². The van der Waals surface area contributed by atoms with Gasteiger partial charge in [-0.3, -0.25) is 0 Å². The van der Waals surface area contributed by atoms with Crippen LogP contribution in [0.1, 0.15) is 33.3 Å². The van der Waals surface area contributed by atoms with E-state index in [1.165, 1.54) is 10.8 Å². The van der Waals surface area contributed by atoms with E-state index in [1.54, 1.807) is 7.11 Å². The zero-order chi connectivity index (χ0) is 15.5. The van der Waals surface area contributed by atoms with Gasteiger partial charge in [-0.25, -0.2) is 0 Å². The molecule has 0 spiro atoms. The summed E-state index contributed by atoms with van der Waals surface area (Å²) in [4.78, 5) is 0. The van der Waals surface area contributed by atoms with Crippen LogP contribution in [0.15, 0.2) is 34.8 Å². The number of benzene rings is 2. The normalized spacial score (nSPS) is 9.15. The van der Waals surface area contributed by atoms with Crippen LogP contribution in [-0.2, 0) is 4.74 Å². The summed E-state index contributed by atoms with van der Waals surface area (Å²) in [6.07, 6.45) is 0. The molecule has 0 radical (unpaired) electrons. The van der Waals surface area contributed by atoms with Gasteiger partial charge in [0.15, 0.2) is 6.79 Å². The van der Waals surface area contributed by atoms with E-state index in [0.29, 0.717) is 0 Å². The predicted molar refractivity (Wildman–Crippen MR) is 91.6 cm³/mol. The third-order valence-electron chi connectivity index (χ3n) is 2.55. The molecule has 0 aromatic heterocycles. The molecule has 3 heteroatoms. The molecule has 0 saturated heterocycles. The van der Waals surface area contributed by atoms with Crippen LogP contribution in [0, 0.1) is 6.92 Å². The Hall–Kier alpha value is -1.06. The SMILES string of the molecule is CC.CC.COCOc1cc(Br)c2ccccc2c1C. The lowest BCUT2D eigenvalue weighted by Gasteiger charge is -2.12. The molecular weight excluding hydrogens is 316 g/mol. The first-order valence-electron chi connectivity index (χ1n) is 7.03. The van der Waals surface area contributed by atoms with Gasteiger partial charge in [-0.15, -0.1) is 0 Å². The van der Waals surface area contributed by atoms with E-state index in [4.69, 9.17) is 9.47 Å². The Kier molecular flexibility index (Phi) is 10.1. The molecule has 0 aliphatic carbocycles. The van der Waals surface area contributed by atoms with E-state index in [2.05, 4.69) is 35.0 Å². The van der Waals surface area contributed by atoms with Crippen molar-refractivity contribution in [3.8, 4) is 5.75 Å². The van der Waals surface area contributed by atoms with Crippen LogP contribution in [0.25, 0.3) is 10.8 Å².